The summed E-state index contributed by atoms with van der Waals surface area (Å²) < 4.78 is 27.0. The SMILES string of the molecule is C=C(/C=C(\c1cc[nH]c1NC)N1CCC(C)(N(C)S(=O)(=O)C(C)C)C1)CC. The first-order chi connectivity index (χ1) is 12.6. The number of aromatic amines is 1. The van der Waals surface area contributed by atoms with Gasteiger partial charge in [-0.3, -0.25) is 0 Å². The molecule has 1 aliphatic heterocycles. The normalized spacial score (nSPS) is 21.3. The number of anilines is 1. The second-order valence-corrected chi connectivity index (χ2v) is 10.3. The van der Waals surface area contributed by atoms with E-state index in [9.17, 15) is 8.42 Å². The van der Waals surface area contributed by atoms with Crippen molar-refractivity contribution >= 4 is 21.5 Å². The molecule has 2 heterocycles. The number of allylic oxidation sites excluding steroid dienone is 2. The maximum absolute atomic E-state index is 12.7. The molecule has 1 aromatic rings. The highest BCUT2D eigenvalue weighted by molar-refractivity contribution is 7.89. The van der Waals surface area contributed by atoms with Gasteiger partial charge < -0.3 is 15.2 Å². The standard InChI is InChI=1S/C20H34N4O2S/c1-8-16(4)13-18(17-9-11-22-19(17)21-6)24-12-10-20(5,14-24)23(7)27(25,26)15(2)3/h9,11,13,15,21-22H,4,8,10,12,14H2,1-3,5-7H3/b18-13+. The predicted molar refractivity (Wildman–Crippen MR) is 114 cm³/mol. The van der Waals surface area contributed by atoms with E-state index in [4.69, 9.17) is 0 Å². The Morgan fingerprint density at radius 3 is 2.74 bits per heavy atom. The summed E-state index contributed by atoms with van der Waals surface area (Å²) in [6, 6.07) is 2.05. The number of nitrogens with one attached hydrogen (secondary N) is 2. The van der Waals surface area contributed by atoms with E-state index in [1.165, 1.54) is 0 Å². The molecule has 1 fully saturated rings. The third-order valence-corrected chi connectivity index (χ3v) is 7.99. The van der Waals surface area contributed by atoms with Crippen molar-refractivity contribution in [2.75, 3.05) is 32.5 Å². The maximum Gasteiger partial charge on any atom is 0.216 e. The lowest BCUT2D eigenvalue weighted by atomic mass is 10.0. The summed E-state index contributed by atoms with van der Waals surface area (Å²) in [6.45, 7) is 13.2. The Morgan fingerprint density at radius 1 is 1.52 bits per heavy atom. The molecule has 1 aliphatic rings. The van der Waals surface area contributed by atoms with Gasteiger partial charge >= 0.3 is 0 Å². The summed E-state index contributed by atoms with van der Waals surface area (Å²) in [5.74, 6) is 0.946. The van der Waals surface area contributed by atoms with Gasteiger partial charge in [-0.25, -0.2) is 8.42 Å². The second-order valence-electron chi connectivity index (χ2n) is 7.79. The van der Waals surface area contributed by atoms with E-state index in [0.717, 1.165) is 42.0 Å². The molecule has 0 aliphatic carbocycles. The van der Waals surface area contributed by atoms with Crippen LogP contribution in [0.2, 0.25) is 0 Å². The van der Waals surface area contributed by atoms with Gasteiger partial charge in [-0.1, -0.05) is 19.1 Å². The van der Waals surface area contributed by atoms with E-state index in [1.54, 1.807) is 25.2 Å². The molecular weight excluding hydrogens is 360 g/mol. The minimum absolute atomic E-state index is 0.427. The number of hydrogen-bond acceptors (Lipinski definition) is 4. The molecule has 7 heteroatoms. The van der Waals surface area contributed by atoms with Gasteiger partial charge in [0.05, 0.1) is 10.8 Å². The molecule has 1 unspecified atom stereocenters. The van der Waals surface area contributed by atoms with Crippen LogP contribution in [-0.2, 0) is 10.0 Å². The molecular formula is C20H34N4O2S. The Balaban J connectivity index is 2.38. The first-order valence-corrected chi connectivity index (χ1v) is 11.0. The van der Waals surface area contributed by atoms with Crippen LogP contribution in [-0.4, -0.2) is 60.6 Å². The summed E-state index contributed by atoms with van der Waals surface area (Å²) in [5, 5.41) is 2.77. The number of likely N-dealkylation sites (tertiary alicyclic amines) is 1. The van der Waals surface area contributed by atoms with Crippen LogP contribution in [0.5, 0.6) is 0 Å². The smallest absolute Gasteiger partial charge is 0.216 e. The summed E-state index contributed by atoms with van der Waals surface area (Å²) in [5.41, 5.74) is 2.76. The van der Waals surface area contributed by atoms with Crippen molar-refractivity contribution in [3.8, 4) is 0 Å². The van der Waals surface area contributed by atoms with Crippen molar-refractivity contribution < 1.29 is 8.42 Å². The minimum Gasteiger partial charge on any atom is -0.374 e. The Morgan fingerprint density at radius 2 is 2.19 bits per heavy atom. The van der Waals surface area contributed by atoms with Crippen LogP contribution in [0.1, 0.15) is 46.1 Å². The van der Waals surface area contributed by atoms with E-state index in [2.05, 4.69) is 34.8 Å². The number of sulfonamides is 1. The zero-order valence-corrected chi connectivity index (χ0v) is 18.3. The molecule has 1 aromatic heterocycles. The van der Waals surface area contributed by atoms with E-state index >= 15 is 0 Å². The number of hydrogen-bond donors (Lipinski definition) is 2. The molecule has 0 aromatic carbocycles. The Kier molecular flexibility index (Phi) is 6.47. The van der Waals surface area contributed by atoms with Crippen LogP contribution >= 0.6 is 0 Å². The topological polar surface area (TPSA) is 68.4 Å². The molecule has 1 atom stereocenters. The minimum atomic E-state index is -3.31. The molecule has 2 N–H and O–H groups in total. The monoisotopic (exact) mass is 394 g/mol. The molecule has 1 saturated heterocycles. The molecule has 6 nitrogen and oxygen atoms in total. The third kappa shape index (κ3) is 4.24. The fraction of sp³-hybridized carbons (Fsp3) is 0.600. The average Bonchev–Trinajstić information content (AvgIpc) is 3.25. The lowest BCUT2D eigenvalue weighted by molar-refractivity contribution is 0.248. The van der Waals surface area contributed by atoms with Gasteiger partial charge in [0.2, 0.25) is 10.0 Å². The van der Waals surface area contributed by atoms with Gasteiger partial charge in [0.1, 0.15) is 5.82 Å². The number of nitrogens with zero attached hydrogens (tertiary/aromatic N) is 2. The fourth-order valence-corrected chi connectivity index (χ4v) is 4.85. The molecule has 0 amide bonds. The van der Waals surface area contributed by atoms with Crippen LogP contribution in [0, 0.1) is 0 Å². The Labute approximate surface area is 164 Å². The van der Waals surface area contributed by atoms with Gasteiger partial charge in [-0.2, -0.15) is 4.31 Å². The molecule has 0 spiro atoms. The van der Waals surface area contributed by atoms with Crippen LogP contribution in [0.4, 0.5) is 5.82 Å². The summed E-state index contributed by atoms with van der Waals surface area (Å²) in [6.07, 6.45) is 5.68. The van der Waals surface area contributed by atoms with Gasteiger partial charge in [0.15, 0.2) is 0 Å². The molecule has 0 saturated carbocycles. The van der Waals surface area contributed by atoms with Crippen molar-refractivity contribution in [3.05, 3.63) is 36.1 Å². The summed E-state index contributed by atoms with van der Waals surface area (Å²) >= 11 is 0. The quantitative estimate of drug-likeness (QED) is 0.662. The highest BCUT2D eigenvalue weighted by Gasteiger charge is 2.44. The zero-order chi connectivity index (χ0) is 20.4. The highest BCUT2D eigenvalue weighted by atomic mass is 32.2. The molecule has 152 valence electrons. The average molecular weight is 395 g/mol. The van der Waals surface area contributed by atoms with Crippen molar-refractivity contribution in [2.24, 2.45) is 0 Å². The van der Waals surface area contributed by atoms with Gasteiger partial charge in [-0.05, 0) is 45.8 Å². The van der Waals surface area contributed by atoms with Crippen molar-refractivity contribution in [2.45, 2.75) is 51.3 Å². The molecule has 0 radical (unpaired) electrons. The van der Waals surface area contributed by atoms with Crippen LogP contribution in [0.25, 0.3) is 5.70 Å². The lowest BCUT2D eigenvalue weighted by Gasteiger charge is -2.36. The lowest BCUT2D eigenvalue weighted by Crippen LogP contribution is -2.51. The zero-order valence-electron chi connectivity index (χ0n) is 17.5. The van der Waals surface area contributed by atoms with E-state index in [0.29, 0.717) is 6.54 Å². The van der Waals surface area contributed by atoms with E-state index < -0.39 is 20.8 Å². The maximum atomic E-state index is 12.7. The van der Waals surface area contributed by atoms with Crippen molar-refractivity contribution in [1.82, 2.24) is 14.2 Å². The molecule has 0 bridgehead atoms. The first-order valence-electron chi connectivity index (χ1n) is 9.54. The van der Waals surface area contributed by atoms with Crippen LogP contribution < -0.4 is 5.32 Å². The van der Waals surface area contributed by atoms with Crippen molar-refractivity contribution in [1.29, 1.82) is 0 Å². The predicted octanol–water partition coefficient (Wildman–Crippen LogP) is 3.50. The molecule has 2 rings (SSSR count). The largest absolute Gasteiger partial charge is 0.374 e. The van der Waals surface area contributed by atoms with Gasteiger partial charge in [0, 0.05) is 44.6 Å². The third-order valence-electron chi connectivity index (χ3n) is 5.60. The number of rotatable bonds is 8. The number of likely N-dealkylation sites (N-methyl/N-ethyl adjacent to an activating group) is 1. The van der Waals surface area contributed by atoms with Crippen LogP contribution in [0.3, 0.4) is 0 Å². The van der Waals surface area contributed by atoms with E-state index in [-0.39, 0.29) is 0 Å². The number of H-pyrrole nitrogens is 1. The summed E-state index contributed by atoms with van der Waals surface area (Å²) in [7, 11) is 0.287. The molecule has 27 heavy (non-hydrogen) atoms. The van der Waals surface area contributed by atoms with Crippen LogP contribution in [0.15, 0.2) is 30.5 Å². The van der Waals surface area contributed by atoms with Gasteiger partial charge in [0.25, 0.3) is 0 Å². The highest BCUT2D eigenvalue weighted by Crippen LogP contribution is 2.36. The van der Waals surface area contributed by atoms with Gasteiger partial charge in [-0.15, -0.1) is 0 Å². The first kappa shape index (κ1) is 21.6. The Bertz CT molecular complexity index is 810. The van der Waals surface area contributed by atoms with E-state index in [1.807, 2.05) is 26.2 Å². The fourth-order valence-electron chi connectivity index (χ4n) is 3.46. The Hall–Kier alpha value is -1.73. The van der Waals surface area contributed by atoms with Crippen molar-refractivity contribution in [3.63, 3.8) is 0 Å². The number of aromatic nitrogens is 1. The second kappa shape index (κ2) is 8.10. The summed E-state index contributed by atoms with van der Waals surface area (Å²) in [4.78, 5) is 5.49.